The highest BCUT2D eigenvalue weighted by atomic mass is 32.2. The Morgan fingerprint density at radius 2 is 1.92 bits per heavy atom. The lowest BCUT2D eigenvalue weighted by atomic mass is 9.97. The highest BCUT2D eigenvalue weighted by molar-refractivity contribution is 7.89. The third kappa shape index (κ3) is 4.32. The lowest BCUT2D eigenvalue weighted by Crippen LogP contribution is -2.39. The van der Waals surface area contributed by atoms with Gasteiger partial charge in [-0.1, -0.05) is 6.07 Å². The molecule has 0 saturated carbocycles. The molecule has 8 heteroatoms. The number of sulfonamides is 1. The number of hydrogen-bond donors (Lipinski definition) is 1. The quantitative estimate of drug-likeness (QED) is 0.882. The summed E-state index contributed by atoms with van der Waals surface area (Å²) in [6.45, 7) is 1.75. The van der Waals surface area contributed by atoms with E-state index in [1.54, 1.807) is 6.20 Å². The van der Waals surface area contributed by atoms with Crippen LogP contribution in [-0.4, -0.2) is 33.0 Å². The molecular formula is C17H19F2N3O2S. The van der Waals surface area contributed by atoms with E-state index in [4.69, 9.17) is 0 Å². The molecule has 1 N–H and O–H groups in total. The Balaban J connectivity index is 1.57. The molecule has 2 heterocycles. The molecule has 1 aromatic heterocycles. The van der Waals surface area contributed by atoms with E-state index in [-0.39, 0.29) is 12.5 Å². The molecular weight excluding hydrogens is 348 g/mol. The first-order chi connectivity index (χ1) is 12.0. The van der Waals surface area contributed by atoms with Crippen LogP contribution in [0.25, 0.3) is 0 Å². The summed E-state index contributed by atoms with van der Waals surface area (Å²) in [4.78, 5) is 5.80. The van der Waals surface area contributed by atoms with Gasteiger partial charge in [0, 0.05) is 25.8 Å². The van der Waals surface area contributed by atoms with Crippen molar-refractivity contribution in [3.63, 3.8) is 0 Å². The first kappa shape index (κ1) is 17.8. The number of anilines is 1. The average Bonchev–Trinajstić information content (AvgIpc) is 2.63. The molecule has 1 aliphatic rings. The van der Waals surface area contributed by atoms with Gasteiger partial charge >= 0.3 is 0 Å². The number of halogens is 2. The predicted octanol–water partition coefficient (Wildman–Crippen LogP) is 2.55. The van der Waals surface area contributed by atoms with E-state index in [2.05, 4.69) is 14.6 Å². The molecule has 0 amide bonds. The summed E-state index contributed by atoms with van der Waals surface area (Å²) in [6.07, 6.45) is 3.33. The number of benzene rings is 1. The minimum Gasteiger partial charge on any atom is -0.357 e. The minimum absolute atomic E-state index is 0.145. The molecule has 134 valence electrons. The highest BCUT2D eigenvalue weighted by Gasteiger charge is 2.24. The van der Waals surface area contributed by atoms with Crippen LogP contribution in [0, 0.1) is 17.6 Å². The SMILES string of the molecule is O=S(=O)(NCC1CCN(c2ccccn2)CC1)c1cc(F)ccc1F. The van der Waals surface area contributed by atoms with Crippen LogP contribution >= 0.6 is 0 Å². The Hall–Kier alpha value is -2.06. The molecule has 1 saturated heterocycles. The summed E-state index contributed by atoms with van der Waals surface area (Å²) in [6, 6.07) is 8.13. The van der Waals surface area contributed by atoms with Gasteiger partial charge in [-0.05, 0) is 49.1 Å². The Labute approximate surface area is 145 Å². The molecule has 0 aliphatic carbocycles. The predicted molar refractivity (Wildman–Crippen MR) is 90.7 cm³/mol. The average molecular weight is 367 g/mol. The van der Waals surface area contributed by atoms with E-state index in [1.165, 1.54) is 0 Å². The number of pyridine rings is 1. The topological polar surface area (TPSA) is 62.3 Å². The van der Waals surface area contributed by atoms with Crippen molar-refractivity contribution in [3.05, 3.63) is 54.2 Å². The minimum atomic E-state index is -4.07. The molecule has 1 aromatic carbocycles. The van der Waals surface area contributed by atoms with Crippen molar-refractivity contribution in [2.24, 2.45) is 5.92 Å². The van der Waals surface area contributed by atoms with E-state index in [0.29, 0.717) is 6.07 Å². The normalized spacial score (nSPS) is 16.2. The molecule has 0 bridgehead atoms. The lowest BCUT2D eigenvalue weighted by molar-refractivity contribution is 0.400. The van der Waals surface area contributed by atoms with Gasteiger partial charge in [0.2, 0.25) is 10.0 Å². The standard InChI is InChI=1S/C17H19F2N3O2S/c18-14-4-5-15(19)16(11-14)25(23,24)21-12-13-6-9-22(10-7-13)17-3-1-2-8-20-17/h1-5,8,11,13,21H,6-7,9-10,12H2. The number of nitrogens with one attached hydrogen (secondary N) is 1. The number of piperidine rings is 1. The van der Waals surface area contributed by atoms with Crippen molar-refractivity contribution in [1.82, 2.24) is 9.71 Å². The molecule has 5 nitrogen and oxygen atoms in total. The molecule has 1 aliphatic heterocycles. The second-order valence-electron chi connectivity index (χ2n) is 6.05. The second-order valence-corrected chi connectivity index (χ2v) is 7.78. The summed E-state index contributed by atoms with van der Waals surface area (Å²) < 4.78 is 53.7. The van der Waals surface area contributed by atoms with E-state index >= 15 is 0 Å². The van der Waals surface area contributed by atoms with Crippen LogP contribution in [0.2, 0.25) is 0 Å². The number of nitrogens with zero attached hydrogens (tertiary/aromatic N) is 2. The first-order valence-corrected chi connectivity index (χ1v) is 9.55. The maximum absolute atomic E-state index is 13.7. The van der Waals surface area contributed by atoms with Crippen LogP contribution in [-0.2, 0) is 10.0 Å². The summed E-state index contributed by atoms with van der Waals surface area (Å²) in [7, 11) is -4.07. The fraction of sp³-hybridized carbons (Fsp3) is 0.353. The summed E-state index contributed by atoms with van der Waals surface area (Å²) >= 11 is 0. The Kier molecular flexibility index (Phi) is 5.29. The van der Waals surface area contributed by atoms with Gasteiger partial charge in [-0.3, -0.25) is 0 Å². The van der Waals surface area contributed by atoms with Crippen molar-refractivity contribution in [2.75, 3.05) is 24.5 Å². The van der Waals surface area contributed by atoms with Crippen LogP contribution in [0.15, 0.2) is 47.5 Å². The van der Waals surface area contributed by atoms with Gasteiger partial charge < -0.3 is 4.90 Å². The van der Waals surface area contributed by atoms with Crippen molar-refractivity contribution in [2.45, 2.75) is 17.7 Å². The number of hydrogen-bond acceptors (Lipinski definition) is 4. The van der Waals surface area contributed by atoms with Gasteiger partial charge in [-0.25, -0.2) is 26.9 Å². The number of aromatic nitrogens is 1. The zero-order valence-corrected chi connectivity index (χ0v) is 14.3. The molecule has 2 aromatic rings. The maximum atomic E-state index is 13.7. The van der Waals surface area contributed by atoms with Crippen molar-refractivity contribution in [1.29, 1.82) is 0 Å². The largest absolute Gasteiger partial charge is 0.357 e. The third-order valence-corrected chi connectivity index (χ3v) is 5.77. The van der Waals surface area contributed by atoms with E-state index in [9.17, 15) is 17.2 Å². The van der Waals surface area contributed by atoms with Crippen molar-refractivity contribution >= 4 is 15.8 Å². The van der Waals surface area contributed by atoms with Gasteiger partial charge in [0.25, 0.3) is 0 Å². The van der Waals surface area contributed by atoms with Gasteiger partial charge in [0.05, 0.1) is 0 Å². The fourth-order valence-corrected chi connectivity index (χ4v) is 4.10. The van der Waals surface area contributed by atoms with Crippen molar-refractivity contribution < 1.29 is 17.2 Å². The van der Waals surface area contributed by atoms with Crippen LogP contribution < -0.4 is 9.62 Å². The second kappa shape index (κ2) is 7.45. The third-order valence-electron chi connectivity index (χ3n) is 4.33. The summed E-state index contributed by atoms with van der Waals surface area (Å²) in [5.74, 6) is -0.695. The van der Waals surface area contributed by atoms with Gasteiger partial charge in [0.1, 0.15) is 22.3 Å². The summed E-state index contributed by atoms with van der Waals surface area (Å²) in [5, 5.41) is 0. The smallest absolute Gasteiger partial charge is 0.243 e. The molecule has 0 atom stereocenters. The molecule has 1 fully saturated rings. The van der Waals surface area contributed by atoms with Crippen molar-refractivity contribution in [3.8, 4) is 0 Å². The van der Waals surface area contributed by atoms with E-state index in [0.717, 1.165) is 43.9 Å². The van der Waals surface area contributed by atoms with Gasteiger partial charge in [0.15, 0.2) is 0 Å². The monoisotopic (exact) mass is 367 g/mol. The molecule has 0 unspecified atom stereocenters. The highest BCUT2D eigenvalue weighted by Crippen LogP contribution is 2.22. The summed E-state index contributed by atoms with van der Waals surface area (Å²) in [5.41, 5.74) is 0. The Morgan fingerprint density at radius 1 is 1.16 bits per heavy atom. The van der Waals surface area contributed by atoms with Crippen LogP contribution in [0.1, 0.15) is 12.8 Å². The first-order valence-electron chi connectivity index (χ1n) is 8.06. The zero-order chi connectivity index (χ0) is 17.9. The Bertz CT molecular complexity index is 823. The number of rotatable bonds is 5. The molecule has 25 heavy (non-hydrogen) atoms. The van der Waals surface area contributed by atoms with E-state index in [1.807, 2.05) is 18.2 Å². The molecule has 0 radical (unpaired) electrons. The van der Waals surface area contributed by atoms with Crippen LogP contribution in [0.3, 0.4) is 0 Å². The fourth-order valence-electron chi connectivity index (χ4n) is 2.90. The lowest BCUT2D eigenvalue weighted by Gasteiger charge is -2.32. The van der Waals surface area contributed by atoms with Crippen LogP contribution in [0.5, 0.6) is 0 Å². The molecule has 3 rings (SSSR count). The van der Waals surface area contributed by atoms with Crippen LogP contribution in [0.4, 0.5) is 14.6 Å². The maximum Gasteiger partial charge on any atom is 0.243 e. The van der Waals surface area contributed by atoms with Gasteiger partial charge in [-0.15, -0.1) is 0 Å². The molecule has 0 spiro atoms. The zero-order valence-electron chi connectivity index (χ0n) is 13.5. The van der Waals surface area contributed by atoms with Gasteiger partial charge in [-0.2, -0.15) is 0 Å². The van der Waals surface area contributed by atoms with E-state index < -0.39 is 26.6 Å². The Morgan fingerprint density at radius 3 is 2.60 bits per heavy atom.